The van der Waals surface area contributed by atoms with E-state index in [2.05, 4.69) is 37.8 Å². The molecule has 0 saturated heterocycles. The fraction of sp³-hybridized carbons (Fsp3) is 0.818. The van der Waals surface area contributed by atoms with Gasteiger partial charge in [-0.3, -0.25) is 0 Å². The van der Waals surface area contributed by atoms with Gasteiger partial charge >= 0.3 is 0 Å². The zero-order chi connectivity index (χ0) is 11.5. The number of nitrogens with two attached hydrogens (primary N) is 1. The van der Waals surface area contributed by atoms with Crippen molar-refractivity contribution in [2.75, 3.05) is 6.54 Å². The maximum atomic E-state index is 5.62. The highest BCUT2D eigenvalue weighted by atomic mass is 16.5. The normalized spacial score (nSPS) is 14.2. The second kappa shape index (κ2) is 4.75. The van der Waals surface area contributed by atoms with E-state index in [-0.39, 0.29) is 11.3 Å². The first-order chi connectivity index (χ1) is 6.96. The molecular weight excluding hydrogens is 190 g/mol. The lowest BCUT2D eigenvalue weighted by Gasteiger charge is -2.14. The van der Waals surface area contributed by atoms with Gasteiger partial charge in [-0.05, 0) is 11.8 Å². The Kier molecular flexibility index (Phi) is 3.85. The van der Waals surface area contributed by atoms with E-state index in [0.717, 1.165) is 18.7 Å². The maximum absolute atomic E-state index is 5.62. The summed E-state index contributed by atoms with van der Waals surface area (Å²) >= 11 is 0. The van der Waals surface area contributed by atoms with Gasteiger partial charge in [-0.1, -0.05) is 32.9 Å². The molecule has 0 radical (unpaired) electrons. The van der Waals surface area contributed by atoms with Crippen LogP contribution in [0.25, 0.3) is 0 Å². The van der Waals surface area contributed by atoms with Gasteiger partial charge in [0.15, 0.2) is 5.82 Å². The van der Waals surface area contributed by atoms with E-state index < -0.39 is 0 Å². The third-order valence-corrected chi connectivity index (χ3v) is 2.30. The van der Waals surface area contributed by atoms with Gasteiger partial charge in [0, 0.05) is 13.0 Å². The Morgan fingerprint density at radius 1 is 1.40 bits per heavy atom. The fourth-order valence-electron chi connectivity index (χ4n) is 1.42. The summed E-state index contributed by atoms with van der Waals surface area (Å²) in [6.45, 7) is 9.11. The lowest BCUT2D eigenvalue weighted by atomic mass is 9.92. The van der Waals surface area contributed by atoms with E-state index in [4.69, 9.17) is 10.3 Å². The van der Waals surface area contributed by atoms with Gasteiger partial charge in [-0.15, -0.1) is 0 Å². The fourth-order valence-corrected chi connectivity index (χ4v) is 1.42. The summed E-state index contributed by atoms with van der Waals surface area (Å²) in [5, 5.41) is 3.98. The van der Waals surface area contributed by atoms with E-state index in [1.807, 2.05) is 0 Å². The van der Waals surface area contributed by atoms with Crippen molar-refractivity contribution in [1.29, 1.82) is 0 Å². The third-order valence-electron chi connectivity index (χ3n) is 2.30. The first kappa shape index (κ1) is 12.2. The van der Waals surface area contributed by atoms with E-state index in [0.29, 0.717) is 12.4 Å². The summed E-state index contributed by atoms with van der Waals surface area (Å²) in [4.78, 5) is 4.38. The zero-order valence-corrected chi connectivity index (χ0v) is 10.1. The second-order valence-electron chi connectivity index (χ2n) is 5.13. The molecule has 1 unspecified atom stereocenters. The average Bonchev–Trinajstić information content (AvgIpc) is 2.52. The Hall–Kier alpha value is -0.900. The first-order valence-corrected chi connectivity index (χ1v) is 5.49. The van der Waals surface area contributed by atoms with Crippen LogP contribution in [0.15, 0.2) is 4.52 Å². The minimum Gasteiger partial charge on any atom is -0.339 e. The Balaban J connectivity index is 2.71. The van der Waals surface area contributed by atoms with Crippen molar-refractivity contribution in [3.63, 3.8) is 0 Å². The molecule has 0 fully saturated rings. The van der Waals surface area contributed by atoms with Gasteiger partial charge in [0.05, 0.1) is 5.92 Å². The summed E-state index contributed by atoms with van der Waals surface area (Å²) in [5.74, 6) is 1.66. The maximum Gasteiger partial charge on any atom is 0.231 e. The van der Waals surface area contributed by atoms with Gasteiger partial charge in [0.1, 0.15) is 0 Å². The molecule has 0 aliphatic rings. The Morgan fingerprint density at radius 3 is 2.53 bits per heavy atom. The molecule has 0 saturated carbocycles. The predicted molar refractivity (Wildman–Crippen MR) is 59.5 cm³/mol. The van der Waals surface area contributed by atoms with Crippen molar-refractivity contribution in [3.8, 4) is 0 Å². The molecule has 4 heteroatoms. The summed E-state index contributed by atoms with van der Waals surface area (Å²) in [6, 6.07) is 0. The molecule has 4 nitrogen and oxygen atoms in total. The third kappa shape index (κ3) is 3.63. The molecule has 1 aromatic heterocycles. The largest absolute Gasteiger partial charge is 0.339 e. The average molecular weight is 211 g/mol. The number of hydrogen-bond donors (Lipinski definition) is 1. The molecule has 15 heavy (non-hydrogen) atoms. The minimum absolute atomic E-state index is 0.186. The van der Waals surface area contributed by atoms with E-state index in [1.165, 1.54) is 0 Å². The smallest absolute Gasteiger partial charge is 0.231 e. The van der Waals surface area contributed by atoms with Crippen molar-refractivity contribution in [2.45, 2.75) is 46.5 Å². The van der Waals surface area contributed by atoms with Crippen LogP contribution in [-0.4, -0.2) is 16.7 Å². The molecule has 1 rings (SSSR count). The van der Waals surface area contributed by atoms with Crippen LogP contribution in [0.1, 0.15) is 51.7 Å². The van der Waals surface area contributed by atoms with Crippen LogP contribution in [0, 0.1) is 5.41 Å². The molecule has 0 amide bonds. The van der Waals surface area contributed by atoms with Gasteiger partial charge in [0.25, 0.3) is 0 Å². The van der Waals surface area contributed by atoms with E-state index >= 15 is 0 Å². The number of rotatable bonds is 4. The van der Waals surface area contributed by atoms with Crippen LogP contribution in [0.2, 0.25) is 0 Å². The summed E-state index contributed by atoms with van der Waals surface area (Å²) in [6.07, 6.45) is 1.77. The number of hydrogen-bond acceptors (Lipinski definition) is 4. The van der Waals surface area contributed by atoms with Crippen LogP contribution in [-0.2, 0) is 6.42 Å². The lowest BCUT2D eigenvalue weighted by molar-refractivity contribution is 0.337. The van der Waals surface area contributed by atoms with Crippen LogP contribution >= 0.6 is 0 Å². The quantitative estimate of drug-likeness (QED) is 0.828. The second-order valence-corrected chi connectivity index (χ2v) is 5.13. The summed E-state index contributed by atoms with van der Waals surface area (Å²) in [7, 11) is 0. The highest BCUT2D eigenvalue weighted by Crippen LogP contribution is 2.21. The molecule has 2 N–H and O–H groups in total. The van der Waals surface area contributed by atoms with Gasteiger partial charge < -0.3 is 10.3 Å². The van der Waals surface area contributed by atoms with Crippen molar-refractivity contribution in [2.24, 2.45) is 11.1 Å². The predicted octanol–water partition coefficient (Wildman–Crippen LogP) is 2.11. The van der Waals surface area contributed by atoms with Crippen molar-refractivity contribution in [1.82, 2.24) is 10.1 Å². The topological polar surface area (TPSA) is 64.9 Å². The van der Waals surface area contributed by atoms with Crippen molar-refractivity contribution < 1.29 is 4.52 Å². The lowest BCUT2D eigenvalue weighted by Crippen LogP contribution is -2.13. The van der Waals surface area contributed by atoms with Gasteiger partial charge in [-0.25, -0.2) is 0 Å². The summed E-state index contributed by atoms with van der Waals surface area (Å²) in [5.41, 5.74) is 5.81. The minimum atomic E-state index is 0.186. The SMILES string of the molecule is CCC(CN)c1nc(CC(C)(C)C)no1. The Morgan fingerprint density at radius 2 is 2.07 bits per heavy atom. The number of nitrogens with zero attached hydrogens (tertiary/aromatic N) is 2. The van der Waals surface area contributed by atoms with Gasteiger partial charge in [-0.2, -0.15) is 4.98 Å². The van der Waals surface area contributed by atoms with Crippen molar-refractivity contribution in [3.05, 3.63) is 11.7 Å². The molecule has 0 spiro atoms. The van der Waals surface area contributed by atoms with Gasteiger partial charge in [0.2, 0.25) is 5.89 Å². The van der Waals surface area contributed by atoms with E-state index in [9.17, 15) is 0 Å². The molecule has 1 atom stereocenters. The Labute approximate surface area is 91.2 Å². The van der Waals surface area contributed by atoms with Crippen LogP contribution < -0.4 is 5.73 Å². The van der Waals surface area contributed by atoms with E-state index in [1.54, 1.807) is 0 Å². The molecule has 86 valence electrons. The summed E-state index contributed by atoms with van der Waals surface area (Å²) < 4.78 is 5.21. The standard InChI is InChI=1S/C11H21N3O/c1-5-8(7-12)10-13-9(14-15-10)6-11(2,3)4/h8H,5-7,12H2,1-4H3. The molecule has 1 heterocycles. The van der Waals surface area contributed by atoms with Crippen LogP contribution in [0.3, 0.4) is 0 Å². The molecule has 0 aromatic carbocycles. The van der Waals surface area contributed by atoms with Crippen LogP contribution in [0.4, 0.5) is 0 Å². The van der Waals surface area contributed by atoms with Crippen LogP contribution in [0.5, 0.6) is 0 Å². The molecule has 0 aliphatic heterocycles. The zero-order valence-electron chi connectivity index (χ0n) is 10.1. The molecule has 1 aromatic rings. The molecule has 0 aliphatic carbocycles. The highest BCUT2D eigenvalue weighted by Gasteiger charge is 2.19. The molecule has 0 bridgehead atoms. The van der Waals surface area contributed by atoms with Crippen molar-refractivity contribution >= 4 is 0 Å². The number of aromatic nitrogens is 2. The highest BCUT2D eigenvalue weighted by molar-refractivity contribution is 4.96. The monoisotopic (exact) mass is 211 g/mol. The first-order valence-electron chi connectivity index (χ1n) is 5.49. The Bertz CT molecular complexity index is 297. The molecular formula is C11H21N3O.